The Morgan fingerprint density at radius 1 is 1.17 bits per heavy atom. The Labute approximate surface area is 174 Å². The minimum Gasteiger partial charge on any atom is -0.497 e. The van der Waals surface area contributed by atoms with E-state index >= 15 is 0 Å². The number of rotatable bonds is 4. The van der Waals surface area contributed by atoms with Crippen LogP contribution in [-0.4, -0.2) is 31.7 Å². The van der Waals surface area contributed by atoms with E-state index in [9.17, 15) is 9.59 Å². The van der Waals surface area contributed by atoms with Crippen molar-refractivity contribution >= 4 is 28.8 Å². The molecule has 2 heterocycles. The van der Waals surface area contributed by atoms with Crippen LogP contribution in [0.2, 0.25) is 0 Å². The summed E-state index contributed by atoms with van der Waals surface area (Å²) in [7, 11) is 2.98. The van der Waals surface area contributed by atoms with Crippen LogP contribution < -0.4 is 4.74 Å². The minimum atomic E-state index is -0.618. The maximum absolute atomic E-state index is 13.3. The number of allylic oxidation sites excluding steroid dienone is 2. The average molecular weight is 410 g/mol. The van der Waals surface area contributed by atoms with Crippen molar-refractivity contribution in [1.29, 1.82) is 0 Å². The zero-order valence-electron chi connectivity index (χ0n) is 16.7. The molecule has 6 heteroatoms. The number of thiophene rings is 1. The normalized spacial score (nSPS) is 24.0. The molecule has 0 spiro atoms. The third kappa shape index (κ3) is 3.53. The molecule has 0 radical (unpaired) electrons. The van der Waals surface area contributed by atoms with Gasteiger partial charge in [-0.05, 0) is 42.5 Å². The molecular weight excluding hydrogens is 386 g/mol. The van der Waals surface area contributed by atoms with Crippen LogP contribution in [0.15, 0.2) is 58.0 Å². The third-order valence-electron chi connectivity index (χ3n) is 5.74. The zero-order chi connectivity index (χ0) is 20.5. The summed E-state index contributed by atoms with van der Waals surface area (Å²) in [6.45, 7) is 1.85. The van der Waals surface area contributed by atoms with E-state index in [4.69, 9.17) is 14.5 Å². The summed E-state index contributed by atoms with van der Waals surface area (Å²) in [5.74, 6) is -0.525. The van der Waals surface area contributed by atoms with E-state index in [1.165, 1.54) is 12.0 Å². The van der Waals surface area contributed by atoms with Gasteiger partial charge in [0.05, 0.1) is 14.2 Å². The van der Waals surface area contributed by atoms with Crippen LogP contribution in [0.3, 0.4) is 0 Å². The fourth-order valence-electron chi connectivity index (χ4n) is 4.41. The molecule has 1 aliphatic carbocycles. The van der Waals surface area contributed by atoms with Crippen molar-refractivity contribution in [2.24, 2.45) is 10.9 Å². The van der Waals surface area contributed by atoms with E-state index in [0.29, 0.717) is 29.9 Å². The Bertz CT molecular complexity index is 1010. The Balaban J connectivity index is 1.83. The fourth-order valence-corrected chi connectivity index (χ4v) is 5.24. The van der Waals surface area contributed by atoms with Gasteiger partial charge in [-0.2, -0.15) is 0 Å². The molecular formula is C23H23NO4S. The fraction of sp³-hybridized carbons (Fsp3) is 0.348. The summed E-state index contributed by atoms with van der Waals surface area (Å²) in [6, 6.07) is 11.6. The SMILES string of the molecule is COC(=O)C1C(C)=NC2=C(C(=O)C[C@@H](c3cccs3)C2)[C@H]1c1cccc(OC)c1. The monoisotopic (exact) mass is 409 g/mol. The molecule has 150 valence electrons. The van der Waals surface area contributed by atoms with Crippen molar-refractivity contribution in [3.8, 4) is 5.75 Å². The molecule has 0 saturated heterocycles. The lowest BCUT2D eigenvalue weighted by molar-refractivity contribution is -0.143. The predicted molar refractivity (Wildman–Crippen MR) is 113 cm³/mol. The highest BCUT2D eigenvalue weighted by atomic mass is 32.1. The first-order valence-corrected chi connectivity index (χ1v) is 10.5. The van der Waals surface area contributed by atoms with E-state index < -0.39 is 11.8 Å². The largest absolute Gasteiger partial charge is 0.497 e. The summed E-state index contributed by atoms with van der Waals surface area (Å²) in [6.07, 6.45) is 1.13. The number of benzene rings is 1. The Morgan fingerprint density at radius 2 is 2.00 bits per heavy atom. The molecule has 1 aromatic heterocycles. The minimum absolute atomic E-state index is 0.0580. The number of hydrogen-bond donors (Lipinski definition) is 0. The third-order valence-corrected chi connectivity index (χ3v) is 6.78. The molecule has 2 aliphatic rings. The first-order valence-electron chi connectivity index (χ1n) is 9.60. The van der Waals surface area contributed by atoms with Gasteiger partial charge in [0.25, 0.3) is 0 Å². The average Bonchev–Trinajstić information content (AvgIpc) is 3.27. The number of methoxy groups -OCH3 is 2. The van der Waals surface area contributed by atoms with Gasteiger partial charge in [0.15, 0.2) is 5.78 Å². The summed E-state index contributed by atoms with van der Waals surface area (Å²) in [4.78, 5) is 31.9. The Hall–Kier alpha value is -2.73. The highest BCUT2D eigenvalue weighted by molar-refractivity contribution is 7.10. The molecule has 0 N–H and O–H groups in total. The van der Waals surface area contributed by atoms with Gasteiger partial charge in [0, 0.05) is 40.1 Å². The number of carbonyl (C=O) groups is 2. The number of carbonyl (C=O) groups excluding carboxylic acids is 2. The van der Waals surface area contributed by atoms with Crippen LogP contribution >= 0.6 is 11.3 Å². The van der Waals surface area contributed by atoms with E-state index in [1.54, 1.807) is 18.4 Å². The van der Waals surface area contributed by atoms with Gasteiger partial charge in [-0.25, -0.2) is 0 Å². The van der Waals surface area contributed by atoms with Crippen molar-refractivity contribution in [2.75, 3.05) is 14.2 Å². The van der Waals surface area contributed by atoms with Crippen LogP contribution in [0.1, 0.15) is 42.0 Å². The number of esters is 1. The van der Waals surface area contributed by atoms with Gasteiger partial charge in [-0.1, -0.05) is 18.2 Å². The van der Waals surface area contributed by atoms with E-state index in [0.717, 1.165) is 11.3 Å². The van der Waals surface area contributed by atoms with Gasteiger partial charge in [0.1, 0.15) is 11.7 Å². The number of ether oxygens (including phenoxy) is 2. The molecule has 3 atom stereocenters. The van der Waals surface area contributed by atoms with Gasteiger partial charge in [-0.3, -0.25) is 14.6 Å². The molecule has 2 aromatic rings. The van der Waals surface area contributed by atoms with Crippen LogP contribution in [0.25, 0.3) is 0 Å². The summed E-state index contributed by atoms with van der Waals surface area (Å²) in [5, 5.41) is 2.03. The summed E-state index contributed by atoms with van der Waals surface area (Å²) < 4.78 is 10.5. The molecule has 1 unspecified atom stereocenters. The van der Waals surface area contributed by atoms with E-state index in [-0.39, 0.29) is 17.7 Å². The maximum atomic E-state index is 13.3. The standard InChI is InChI=1S/C23H23NO4S/c1-13-20(23(26)28-3)21(14-6-4-7-16(10-14)27-2)22-17(24-13)11-15(12-18(22)25)19-8-5-9-29-19/h4-10,15,20-21H,11-12H2,1-3H3/t15-,20?,21-/m0/s1. The topological polar surface area (TPSA) is 65.0 Å². The molecule has 29 heavy (non-hydrogen) atoms. The van der Waals surface area contributed by atoms with Crippen molar-refractivity contribution < 1.29 is 19.1 Å². The molecule has 1 aliphatic heterocycles. The second-order valence-electron chi connectivity index (χ2n) is 7.41. The molecule has 0 bridgehead atoms. The second-order valence-corrected chi connectivity index (χ2v) is 8.39. The molecule has 1 aromatic carbocycles. The van der Waals surface area contributed by atoms with Crippen LogP contribution in [0.4, 0.5) is 0 Å². The predicted octanol–water partition coefficient (Wildman–Crippen LogP) is 4.50. The molecule has 4 rings (SSSR count). The summed E-state index contributed by atoms with van der Waals surface area (Å²) >= 11 is 1.67. The Morgan fingerprint density at radius 3 is 2.69 bits per heavy atom. The van der Waals surface area contributed by atoms with Gasteiger partial charge in [-0.15, -0.1) is 11.3 Å². The molecule has 0 saturated carbocycles. The van der Waals surface area contributed by atoms with Crippen molar-refractivity contribution in [3.05, 3.63) is 63.5 Å². The highest BCUT2D eigenvalue weighted by Gasteiger charge is 2.44. The van der Waals surface area contributed by atoms with Gasteiger partial charge in [0.2, 0.25) is 0 Å². The molecule has 0 amide bonds. The quantitative estimate of drug-likeness (QED) is 0.697. The van der Waals surface area contributed by atoms with Crippen molar-refractivity contribution in [1.82, 2.24) is 0 Å². The lowest BCUT2D eigenvalue weighted by atomic mass is 9.70. The molecule has 0 fully saturated rings. The second kappa shape index (κ2) is 7.95. The van der Waals surface area contributed by atoms with Gasteiger partial charge >= 0.3 is 5.97 Å². The maximum Gasteiger partial charge on any atom is 0.315 e. The van der Waals surface area contributed by atoms with Crippen LogP contribution in [0, 0.1) is 5.92 Å². The number of hydrogen-bond acceptors (Lipinski definition) is 6. The molecule has 5 nitrogen and oxygen atoms in total. The van der Waals surface area contributed by atoms with Gasteiger partial charge < -0.3 is 9.47 Å². The zero-order valence-corrected chi connectivity index (χ0v) is 17.5. The Kier molecular flexibility index (Phi) is 5.37. The van der Waals surface area contributed by atoms with E-state index in [2.05, 4.69) is 6.07 Å². The van der Waals surface area contributed by atoms with Crippen LogP contribution in [-0.2, 0) is 14.3 Å². The number of ketones is 1. The first kappa shape index (κ1) is 19.6. The lowest BCUT2D eigenvalue weighted by Gasteiger charge is -2.36. The highest BCUT2D eigenvalue weighted by Crippen LogP contribution is 2.47. The number of Topliss-reactive ketones (excluding diaryl/α,β-unsaturated/α-hetero) is 1. The smallest absolute Gasteiger partial charge is 0.315 e. The van der Waals surface area contributed by atoms with Crippen LogP contribution in [0.5, 0.6) is 5.75 Å². The van der Waals surface area contributed by atoms with Crippen molar-refractivity contribution in [2.45, 2.75) is 31.6 Å². The number of nitrogens with zero attached hydrogens (tertiary/aromatic N) is 1. The lowest BCUT2D eigenvalue weighted by Crippen LogP contribution is -2.37. The first-order chi connectivity index (χ1) is 14.0. The number of aliphatic imine (C=N–C) groups is 1. The van der Waals surface area contributed by atoms with Crippen molar-refractivity contribution in [3.63, 3.8) is 0 Å². The van der Waals surface area contributed by atoms with E-state index in [1.807, 2.05) is 42.6 Å². The summed E-state index contributed by atoms with van der Waals surface area (Å²) in [5.41, 5.74) is 2.99.